The minimum Gasteiger partial charge on any atom is -0.381 e. The van der Waals surface area contributed by atoms with Crippen LogP contribution in [0.2, 0.25) is 0 Å². The maximum Gasteiger partial charge on any atom is 0.0806 e. The summed E-state index contributed by atoms with van der Waals surface area (Å²) >= 11 is 0. The van der Waals surface area contributed by atoms with Crippen molar-refractivity contribution in [2.45, 2.75) is 32.2 Å². The average molecular weight is 165 g/mol. The molecule has 0 fully saturated rings. The largest absolute Gasteiger partial charge is 0.381 e. The van der Waals surface area contributed by atoms with Crippen LogP contribution in [0.1, 0.15) is 26.2 Å². The van der Waals surface area contributed by atoms with Gasteiger partial charge in [0.15, 0.2) is 0 Å². The lowest BCUT2D eigenvalue weighted by Crippen LogP contribution is -2.30. The molecule has 0 aromatic rings. The third-order valence-electron chi connectivity index (χ3n) is 1.96. The van der Waals surface area contributed by atoms with Gasteiger partial charge in [-0.05, 0) is 26.2 Å². The highest BCUT2D eigenvalue weighted by molar-refractivity contribution is 5.13. The van der Waals surface area contributed by atoms with Gasteiger partial charge in [0, 0.05) is 5.70 Å². The highest BCUT2D eigenvalue weighted by Crippen LogP contribution is 2.19. The van der Waals surface area contributed by atoms with Crippen LogP contribution >= 0.6 is 0 Å². The first-order valence-electron chi connectivity index (χ1n) is 4.23. The van der Waals surface area contributed by atoms with E-state index in [0.29, 0.717) is 0 Å². The van der Waals surface area contributed by atoms with Crippen LogP contribution in [0.5, 0.6) is 0 Å². The fourth-order valence-electron chi connectivity index (χ4n) is 1.43. The number of nitrogens with zero attached hydrogens (tertiary/aromatic N) is 1. The standard InChI is InChI=1S/C9H15N3/c1-7(2)11-8-5-3-4-6-9(8)12-10/h6,8,10-11H,1,3-5H2,2H3. The number of hydrogen-bond donors (Lipinski definition) is 2. The maximum absolute atomic E-state index is 6.96. The zero-order chi connectivity index (χ0) is 8.97. The lowest BCUT2D eigenvalue weighted by Gasteiger charge is -2.22. The van der Waals surface area contributed by atoms with Crippen LogP contribution in [0.3, 0.4) is 0 Å². The van der Waals surface area contributed by atoms with Crippen LogP contribution in [-0.2, 0) is 0 Å². The molecule has 1 atom stereocenters. The van der Waals surface area contributed by atoms with E-state index >= 15 is 0 Å². The zero-order valence-corrected chi connectivity index (χ0v) is 7.43. The van der Waals surface area contributed by atoms with Gasteiger partial charge >= 0.3 is 0 Å². The van der Waals surface area contributed by atoms with E-state index < -0.39 is 0 Å². The van der Waals surface area contributed by atoms with E-state index in [1.54, 1.807) is 0 Å². The van der Waals surface area contributed by atoms with Crippen LogP contribution in [0, 0.1) is 5.53 Å². The summed E-state index contributed by atoms with van der Waals surface area (Å²) in [6.07, 6.45) is 5.30. The second-order valence-corrected chi connectivity index (χ2v) is 3.15. The van der Waals surface area contributed by atoms with Gasteiger partial charge in [0.25, 0.3) is 0 Å². The summed E-state index contributed by atoms with van der Waals surface area (Å²) in [5, 5.41) is 6.70. The van der Waals surface area contributed by atoms with Gasteiger partial charge in [0.2, 0.25) is 0 Å². The first-order chi connectivity index (χ1) is 5.74. The smallest absolute Gasteiger partial charge is 0.0806 e. The van der Waals surface area contributed by atoms with Gasteiger partial charge in [0.05, 0.1) is 11.7 Å². The average Bonchev–Trinajstić information content (AvgIpc) is 2.04. The molecule has 2 N–H and O–H groups in total. The van der Waals surface area contributed by atoms with Crippen molar-refractivity contribution < 1.29 is 0 Å². The molecule has 3 nitrogen and oxygen atoms in total. The first kappa shape index (κ1) is 8.97. The van der Waals surface area contributed by atoms with E-state index in [1.807, 2.05) is 13.0 Å². The van der Waals surface area contributed by atoms with Crippen molar-refractivity contribution in [2.75, 3.05) is 0 Å². The van der Waals surface area contributed by atoms with Crippen LogP contribution < -0.4 is 5.32 Å². The third kappa shape index (κ3) is 2.19. The monoisotopic (exact) mass is 165 g/mol. The highest BCUT2D eigenvalue weighted by atomic mass is 15.0. The Morgan fingerprint density at radius 3 is 3.17 bits per heavy atom. The summed E-state index contributed by atoms with van der Waals surface area (Å²) < 4.78 is 0. The van der Waals surface area contributed by atoms with Gasteiger partial charge in [-0.2, -0.15) is 5.11 Å². The van der Waals surface area contributed by atoms with Gasteiger partial charge in [-0.25, -0.2) is 5.53 Å². The summed E-state index contributed by atoms with van der Waals surface area (Å²) in [5.41, 5.74) is 8.75. The third-order valence-corrected chi connectivity index (χ3v) is 1.96. The van der Waals surface area contributed by atoms with E-state index in [-0.39, 0.29) is 6.04 Å². The summed E-state index contributed by atoms with van der Waals surface area (Å²) in [6, 6.07) is 0.216. The van der Waals surface area contributed by atoms with Gasteiger partial charge in [0.1, 0.15) is 0 Å². The molecule has 0 amide bonds. The van der Waals surface area contributed by atoms with Crippen LogP contribution in [0.15, 0.2) is 29.2 Å². The summed E-state index contributed by atoms with van der Waals surface area (Å²) in [6.45, 7) is 5.70. The minimum atomic E-state index is 0.216. The Hall–Kier alpha value is -1.12. The van der Waals surface area contributed by atoms with E-state index in [9.17, 15) is 0 Å². The number of hydrogen-bond acceptors (Lipinski definition) is 3. The molecule has 1 unspecified atom stereocenters. The molecule has 3 heteroatoms. The van der Waals surface area contributed by atoms with Crippen LogP contribution in [-0.4, -0.2) is 6.04 Å². The van der Waals surface area contributed by atoms with Gasteiger partial charge in [-0.1, -0.05) is 12.7 Å². The number of nitrogens with one attached hydrogen (secondary N) is 2. The van der Waals surface area contributed by atoms with E-state index in [4.69, 9.17) is 5.53 Å². The topological polar surface area (TPSA) is 48.2 Å². The Bertz CT molecular complexity index is 218. The van der Waals surface area contributed by atoms with Crippen molar-refractivity contribution >= 4 is 0 Å². The molecule has 0 saturated heterocycles. The summed E-state index contributed by atoms with van der Waals surface area (Å²) in [5.74, 6) is 0. The lowest BCUT2D eigenvalue weighted by molar-refractivity contribution is 0.532. The van der Waals surface area contributed by atoms with Crippen molar-refractivity contribution in [3.05, 3.63) is 24.0 Å². The molecule has 1 aliphatic rings. The van der Waals surface area contributed by atoms with Crippen molar-refractivity contribution in [2.24, 2.45) is 5.11 Å². The molecule has 0 spiro atoms. The molecular weight excluding hydrogens is 150 g/mol. The number of allylic oxidation sites excluding steroid dienone is 2. The van der Waals surface area contributed by atoms with Crippen LogP contribution in [0.4, 0.5) is 0 Å². The van der Waals surface area contributed by atoms with Crippen molar-refractivity contribution in [1.82, 2.24) is 5.32 Å². The predicted molar refractivity (Wildman–Crippen MR) is 48.8 cm³/mol. The fourth-order valence-corrected chi connectivity index (χ4v) is 1.43. The molecule has 0 radical (unpaired) electrons. The molecule has 0 heterocycles. The Morgan fingerprint density at radius 2 is 2.58 bits per heavy atom. The van der Waals surface area contributed by atoms with E-state index in [1.165, 1.54) is 6.42 Å². The molecular formula is C9H15N3. The molecule has 0 aliphatic heterocycles. The highest BCUT2D eigenvalue weighted by Gasteiger charge is 2.16. The Morgan fingerprint density at radius 1 is 1.83 bits per heavy atom. The molecule has 12 heavy (non-hydrogen) atoms. The first-order valence-corrected chi connectivity index (χ1v) is 4.23. The van der Waals surface area contributed by atoms with Gasteiger partial charge < -0.3 is 5.32 Å². The molecule has 66 valence electrons. The molecule has 1 aliphatic carbocycles. The van der Waals surface area contributed by atoms with Crippen molar-refractivity contribution in [3.63, 3.8) is 0 Å². The predicted octanol–water partition coefficient (Wildman–Crippen LogP) is 2.58. The van der Waals surface area contributed by atoms with E-state index in [0.717, 1.165) is 24.2 Å². The second kappa shape index (κ2) is 4.04. The van der Waals surface area contributed by atoms with Crippen molar-refractivity contribution in [1.29, 1.82) is 5.53 Å². The second-order valence-electron chi connectivity index (χ2n) is 3.15. The van der Waals surface area contributed by atoms with Gasteiger partial charge in [-0.3, -0.25) is 0 Å². The maximum atomic E-state index is 6.96. The number of rotatable bonds is 3. The fraction of sp³-hybridized carbons (Fsp3) is 0.556. The lowest BCUT2D eigenvalue weighted by atomic mass is 9.99. The summed E-state index contributed by atoms with van der Waals surface area (Å²) in [7, 11) is 0. The normalized spacial score (nSPS) is 22.8. The Labute approximate surface area is 73.1 Å². The molecule has 1 rings (SSSR count). The van der Waals surface area contributed by atoms with Crippen LogP contribution in [0.25, 0.3) is 0 Å². The minimum absolute atomic E-state index is 0.216. The Balaban J connectivity index is 2.61. The SMILES string of the molecule is C=C(C)NC1CCCC=C1N=N. The zero-order valence-electron chi connectivity index (χ0n) is 7.43. The van der Waals surface area contributed by atoms with Crippen molar-refractivity contribution in [3.8, 4) is 0 Å². The van der Waals surface area contributed by atoms with E-state index in [2.05, 4.69) is 17.0 Å². The Kier molecular flexibility index (Phi) is 3.02. The molecule has 0 bridgehead atoms. The molecule has 0 saturated carbocycles. The quantitative estimate of drug-likeness (QED) is 0.620. The molecule has 0 aromatic carbocycles. The summed E-state index contributed by atoms with van der Waals surface area (Å²) in [4.78, 5) is 0. The van der Waals surface area contributed by atoms with Gasteiger partial charge in [-0.15, -0.1) is 0 Å². The molecule has 0 aromatic heterocycles.